The maximum absolute atomic E-state index is 5.88. The molecule has 0 unspecified atom stereocenters. The van der Waals surface area contributed by atoms with E-state index in [2.05, 4.69) is 34.2 Å². The highest BCUT2D eigenvalue weighted by Gasteiger charge is 2.40. The lowest BCUT2D eigenvalue weighted by atomic mass is 10.1. The van der Waals surface area contributed by atoms with Crippen molar-refractivity contribution in [2.75, 3.05) is 5.73 Å². The summed E-state index contributed by atoms with van der Waals surface area (Å²) in [5.74, 6) is 1.23. The number of hydrogen-bond acceptors (Lipinski definition) is 3. The lowest BCUT2D eigenvalue weighted by molar-refractivity contribution is 0.953. The van der Waals surface area contributed by atoms with Gasteiger partial charge in [-0.25, -0.2) is 9.97 Å². The van der Waals surface area contributed by atoms with E-state index in [1.165, 1.54) is 5.56 Å². The summed E-state index contributed by atoms with van der Waals surface area (Å²) >= 11 is 5.88. The van der Waals surface area contributed by atoms with Gasteiger partial charge in [0.25, 0.3) is 0 Å². The molecule has 86 valence electrons. The van der Waals surface area contributed by atoms with Gasteiger partial charge in [-0.05, 0) is 24.0 Å². The third-order valence-electron chi connectivity index (χ3n) is 3.13. The van der Waals surface area contributed by atoms with E-state index in [9.17, 15) is 0 Å². The fourth-order valence-corrected chi connectivity index (χ4v) is 2.43. The minimum atomic E-state index is 0.256. The maximum atomic E-state index is 5.88. The molecule has 1 aliphatic carbocycles. The Morgan fingerprint density at radius 2 is 1.88 bits per heavy atom. The molecule has 2 atom stereocenters. The van der Waals surface area contributed by atoms with Crippen LogP contribution >= 0.6 is 11.6 Å². The van der Waals surface area contributed by atoms with Gasteiger partial charge < -0.3 is 5.73 Å². The molecule has 0 amide bonds. The molecular formula is C13H12ClN3. The van der Waals surface area contributed by atoms with E-state index in [0.717, 1.165) is 12.1 Å². The second-order valence-electron chi connectivity index (χ2n) is 4.33. The molecule has 3 nitrogen and oxygen atoms in total. The number of halogens is 1. The van der Waals surface area contributed by atoms with E-state index < -0.39 is 0 Å². The zero-order valence-electron chi connectivity index (χ0n) is 9.18. The van der Waals surface area contributed by atoms with Gasteiger partial charge in [-0.3, -0.25) is 0 Å². The molecule has 0 bridgehead atoms. The zero-order chi connectivity index (χ0) is 11.8. The fourth-order valence-electron chi connectivity index (χ4n) is 2.23. The average molecular weight is 246 g/mol. The third kappa shape index (κ3) is 2.11. The number of benzene rings is 1. The Hall–Kier alpha value is -1.61. The van der Waals surface area contributed by atoms with Gasteiger partial charge in [0, 0.05) is 5.92 Å². The lowest BCUT2D eigenvalue weighted by Gasteiger charge is -2.02. The summed E-state index contributed by atoms with van der Waals surface area (Å²) in [7, 11) is 0. The van der Waals surface area contributed by atoms with Gasteiger partial charge >= 0.3 is 0 Å². The van der Waals surface area contributed by atoms with Crippen molar-refractivity contribution in [2.24, 2.45) is 0 Å². The molecule has 4 heteroatoms. The van der Waals surface area contributed by atoms with Crippen LogP contribution < -0.4 is 5.73 Å². The van der Waals surface area contributed by atoms with E-state index in [1.807, 2.05) is 12.1 Å². The summed E-state index contributed by atoms with van der Waals surface area (Å²) in [6.07, 6.45) is 1.11. The van der Waals surface area contributed by atoms with Crippen LogP contribution in [-0.4, -0.2) is 9.97 Å². The van der Waals surface area contributed by atoms with Gasteiger partial charge in [0.1, 0.15) is 5.15 Å². The Morgan fingerprint density at radius 3 is 2.59 bits per heavy atom. The Labute approximate surface area is 105 Å². The number of hydrogen-bond donors (Lipinski definition) is 1. The van der Waals surface area contributed by atoms with Crippen LogP contribution in [0.1, 0.15) is 29.5 Å². The van der Waals surface area contributed by atoms with Crippen LogP contribution in [0.3, 0.4) is 0 Å². The predicted molar refractivity (Wildman–Crippen MR) is 68.0 cm³/mol. The quantitative estimate of drug-likeness (QED) is 0.828. The molecule has 0 saturated heterocycles. The second-order valence-corrected chi connectivity index (χ2v) is 4.72. The topological polar surface area (TPSA) is 51.8 Å². The molecule has 0 spiro atoms. The lowest BCUT2D eigenvalue weighted by Crippen LogP contribution is -1.98. The Kier molecular flexibility index (Phi) is 2.48. The Morgan fingerprint density at radius 1 is 1.12 bits per heavy atom. The van der Waals surface area contributed by atoms with E-state index in [0.29, 0.717) is 17.0 Å². The van der Waals surface area contributed by atoms with Crippen LogP contribution in [0.5, 0.6) is 0 Å². The maximum Gasteiger partial charge on any atom is 0.221 e. The van der Waals surface area contributed by atoms with Gasteiger partial charge in [-0.15, -0.1) is 0 Å². The fraction of sp³-hybridized carbons (Fsp3) is 0.231. The number of nitrogens with two attached hydrogens (primary N) is 1. The van der Waals surface area contributed by atoms with Crippen LogP contribution in [0.15, 0.2) is 36.4 Å². The van der Waals surface area contributed by atoms with Gasteiger partial charge in [-0.1, -0.05) is 41.9 Å². The van der Waals surface area contributed by atoms with Crippen LogP contribution in [0, 0.1) is 0 Å². The van der Waals surface area contributed by atoms with Crippen molar-refractivity contribution in [1.82, 2.24) is 9.97 Å². The molecule has 1 fully saturated rings. The number of nitrogen functional groups attached to an aromatic ring is 1. The Bertz CT molecular complexity index is 521. The van der Waals surface area contributed by atoms with E-state index in [4.69, 9.17) is 17.3 Å². The monoisotopic (exact) mass is 245 g/mol. The van der Waals surface area contributed by atoms with Crippen LogP contribution in [0.25, 0.3) is 0 Å². The number of anilines is 1. The summed E-state index contributed by atoms with van der Waals surface area (Å²) in [6.45, 7) is 0. The van der Waals surface area contributed by atoms with Crippen molar-refractivity contribution in [3.8, 4) is 0 Å². The van der Waals surface area contributed by atoms with E-state index in [-0.39, 0.29) is 5.95 Å². The number of nitrogens with zero attached hydrogens (tertiary/aromatic N) is 2. The molecular weight excluding hydrogens is 234 g/mol. The second kappa shape index (κ2) is 4.00. The standard InChI is InChI=1S/C13H12ClN3/c14-12-7-11(16-13(15)17-12)10-6-9(10)8-4-2-1-3-5-8/h1-5,7,9-10H,6H2,(H2,15,16,17)/t9-,10+/m0/s1. The molecule has 17 heavy (non-hydrogen) atoms. The smallest absolute Gasteiger partial charge is 0.221 e. The molecule has 1 saturated carbocycles. The highest BCUT2D eigenvalue weighted by molar-refractivity contribution is 6.29. The molecule has 2 aromatic rings. The first-order valence-corrected chi connectivity index (χ1v) is 5.97. The summed E-state index contributed by atoms with van der Waals surface area (Å²) in [4.78, 5) is 8.13. The summed E-state index contributed by atoms with van der Waals surface area (Å²) in [5.41, 5.74) is 7.91. The summed E-state index contributed by atoms with van der Waals surface area (Å²) in [5, 5.41) is 0.422. The zero-order valence-corrected chi connectivity index (χ0v) is 9.93. The van der Waals surface area contributed by atoms with E-state index >= 15 is 0 Å². The average Bonchev–Trinajstić information content (AvgIpc) is 3.09. The normalized spacial score (nSPS) is 22.4. The minimum absolute atomic E-state index is 0.256. The molecule has 1 aromatic carbocycles. The van der Waals surface area contributed by atoms with Crippen molar-refractivity contribution in [3.05, 3.63) is 52.8 Å². The highest BCUT2D eigenvalue weighted by atomic mass is 35.5. The molecule has 1 aliphatic rings. The SMILES string of the molecule is Nc1nc(Cl)cc([C@@H]2C[C@H]2c2ccccc2)n1. The first kappa shape index (κ1) is 10.5. The predicted octanol–water partition coefficient (Wildman–Crippen LogP) is 2.98. The molecule has 2 N–H and O–H groups in total. The number of rotatable bonds is 2. The van der Waals surface area contributed by atoms with Gasteiger partial charge in [0.15, 0.2) is 0 Å². The van der Waals surface area contributed by atoms with Crippen LogP contribution in [-0.2, 0) is 0 Å². The molecule has 0 aliphatic heterocycles. The van der Waals surface area contributed by atoms with Crippen LogP contribution in [0.2, 0.25) is 5.15 Å². The minimum Gasteiger partial charge on any atom is -0.368 e. The molecule has 1 aromatic heterocycles. The van der Waals surface area contributed by atoms with E-state index in [1.54, 1.807) is 0 Å². The van der Waals surface area contributed by atoms with Gasteiger partial charge in [0.05, 0.1) is 5.69 Å². The van der Waals surface area contributed by atoms with Crippen molar-refractivity contribution in [3.63, 3.8) is 0 Å². The third-order valence-corrected chi connectivity index (χ3v) is 3.32. The largest absolute Gasteiger partial charge is 0.368 e. The van der Waals surface area contributed by atoms with Gasteiger partial charge in [0.2, 0.25) is 5.95 Å². The van der Waals surface area contributed by atoms with Crippen molar-refractivity contribution < 1.29 is 0 Å². The van der Waals surface area contributed by atoms with Crippen LogP contribution in [0.4, 0.5) is 5.95 Å². The van der Waals surface area contributed by atoms with Crippen molar-refractivity contribution in [2.45, 2.75) is 18.3 Å². The first-order chi connectivity index (χ1) is 8.24. The summed E-state index contributed by atoms with van der Waals surface area (Å²) in [6, 6.07) is 12.3. The van der Waals surface area contributed by atoms with Crippen molar-refractivity contribution >= 4 is 17.5 Å². The molecule has 1 heterocycles. The number of aromatic nitrogens is 2. The summed E-state index contributed by atoms with van der Waals surface area (Å²) < 4.78 is 0. The molecule has 0 radical (unpaired) electrons. The van der Waals surface area contributed by atoms with Gasteiger partial charge in [-0.2, -0.15) is 0 Å². The first-order valence-electron chi connectivity index (χ1n) is 5.59. The molecule has 3 rings (SSSR count). The van der Waals surface area contributed by atoms with Crippen molar-refractivity contribution in [1.29, 1.82) is 0 Å². The Balaban J connectivity index is 1.85. The highest BCUT2D eigenvalue weighted by Crippen LogP contribution is 2.54.